The molecule has 1 fully saturated rings. The number of hydrazine groups is 1. The molecule has 0 aliphatic carbocycles. The van der Waals surface area contributed by atoms with E-state index >= 15 is 0 Å². The van der Waals surface area contributed by atoms with Gasteiger partial charge in [0.1, 0.15) is 0 Å². The first-order chi connectivity index (χ1) is 10.3. The zero-order valence-corrected chi connectivity index (χ0v) is 13.6. The van der Waals surface area contributed by atoms with Crippen LogP contribution in [0.15, 0.2) is 40.9 Å². The molecule has 0 radical (unpaired) electrons. The smallest absolute Gasteiger partial charge is 0.0576 e. The molecule has 21 heavy (non-hydrogen) atoms. The van der Waals surface area contributed by atoms with Crippen LogP contribution in [0.2, 0.25) is 0 Å². The quantitative estimate of drug-likeness (QED) is 0.632. The summed E-state index contributed by atoms with van der Waals surface area (Å²) in [6.07, 6.45) is 4.85. The topological polar surface area (TPSA) is 47.3 Å². The minimum Gasteiger partial charge on any atom is -0.378 e. The minimum absolute atomic E-state index is 0.183. The number of nitrogens with two attached hydrogens (primary N) is 1. The lowest BCUT2D eigenvalue weighted by molar-refractivity contribution is 0.0996. The summed E-state index contributed by atoms with van der Waals surface area (Å²) in [5.74, 6) is 5.76. The first-order valence-corrected chi connectivity index (χ1v) is 8.32. The largest absolute Gasteiger partial charge is 0.378 e. The molecular formula is C17H21BrN2O. The maximum absolute atomic E-state index is 5.76. The van der Waals surface area contributed by atoms with E-state index in [1.54, 1.807) is 0 Å². The van der Waals surface area contributed by atoms with Crippen molar-refractivity contribution in [3.8, 4) is 0 Å². The van der Waals surface area contributed by atoms with Crippen LogP contribution in [0.3, 0.4) is 0 Å². The maximum Gasteiger partial charge on any atom is 0.0576 e. The molecule has 112 valence electrons. The highest BCUT2D eigenvalue weighted by molar-refractivity contribution is 9.10. The minimum atomic E-state index is 0.183. The molecule has 2 unspecified atom stereocenters. The van der Waals surface area contributed by atoms with E-state index in [2.05, 4.69) is 57.8 Å². The predicted molar refractivity (Wildman–Crippen MR) is 89.9 cm³/mol. The normalized spacial score (nSPS) is 20.0. The van der Waals surface area contributed by atoms with E-state index in [4.69, 9.17) is 10.6 Å². The molecule has 0 aromatic heterocycles. The van der Waals surface area contributed by atoms with Gasteiger partial charge in [-0.15, -0.1) is 0 Å². The summed E-state index contributed by atoms with van der Waals surface area (Å²) in [5, 5.41) is 2.48. The van der Waals surface area contributed by atoms with Crippen molar-refractivity contribution in [2.45, 2.75) is 37.8 Å². The average Bonchev–Trinajstić information content (AvgIpc) is 3.01. The van der Waals surface area contributed by atoms with Crippen LogP contribution in [0, 0.1) is 0 Å². The summed E-state index contributed by atoms with van der Waals surface area (Å²) in [6.45, 7) is 0.913. The van der Waals surface area contributed by atoms with E-state index in [-0.39, 0.29) is 6.04 Å². The molecule has 1 aliphatic rings. The Bertz CT molecular complexity index is 611. The van der Waals surface area contributed by atoms with E-state index in [9.17, 15) is 0 Å². The molecule has 1 saturated heterocycles. The summed E-state index contributed by atoms with van der Waals surface area (Å²) in [7, 11) is 0. The number of halogens is 1. The molecule has 0 saturated carbocycles. The SMILES string of the molecule is NNC(CCC1CCCO1)c1ccc2cc(Br)ccc2c1. The Labute approximate surface area is 134 Å². The summed E-state index contributed by atoms with van der Waals surface area (Å²) in [4.78, 5) is 0. The Morgan fingerprint density at radius 2 is 2.05 bits per heavy atom. The van der Waals surface area contributed by atoms with Gasteiger partial charge in [0.25, 0.3) is 0 Å². The predicted octanol–water partition coefficient (Wildman–Crippen LogP) is 4.07. The fourth-order valence-electron chi connectivity index (χ4n) is 3.02. The summed E-state index contributed by atoms with van der Waals surface area (Å²) in [5.41, 5.74) is 4.19. The van der Waals surface area contributed by atoms with Gasteiger partial charge >= 0.3 is 0 Å². The number of hydrogen-bond donors (Lipinski definition) is 2. The third-order valence-electron chi connectivity index (χ3n) is 4.23. The number of nitrogens with one attached hydrogen (secondary N) is 1. The molecule has 3 N–H and O–H groups in total. The number of hydrogen-bond acceptors (Lipinski definition) is 3. The van der Waals surface area contributed by atoms with Gasteiger partial charge in [0.15, 0.2) is 0 Å². The van der Waals surface area contributed by atoms with Crippen LogP contribution < -0.4 is 11.3 Å². The third kappa shape index (κ3) is 3.64. The Morgan fingerprint density at radius 3 is 2.81 bits per heavy atom. The Balaban J connectivity index is 1.74. The van der Waals surface area contributed by atoms with Crippen molar-refractivity contribution >= 4 is 26.7 Å². The monoisotopic (exact) mass is 348 g/mol. The van der Waals surface area contributed by atoms with Crippen LogP contribution in [-0.4, -0.2) is 12.7 Å². The van der Waals surface area contributed by atoms with Crippen LogP contribution >= 0.6 is 15.9 Å². The average molecular weight is 349 g/mol. The van der Waals surface area contributed by atoms with Crippen LogP contribution in [0.25, 0.3) is 10.8 Å². The van der Waals surface area contributed by atoms with Gasteiger partial charge in [0.05, 0.1) is 6.10 Å². The molecule has 2 atom stereocenters. The van der Waals surface area contributed by atoms with Crippen molar-refractivity contribution in [1.29, 1.82) is 0 Å². The lowest BCUT2D eigenvalue weighted by Crippen LogP contribution is -2.28. The molecular weight excluding hydrogens is 328 g/mol. The van der Waals surface area contributed by atoms with Crippen molar-refractivity contribution in [2.24, 2.45) is 5.84 Å². The van der Waals surface area contributed by atoms with Gasteiger partial charge < -0.3 is 4.74 Å². The van der Waals surface area contributed by atoms with Crippen molar-refractivity contribution < 1.29 is 4.74 Å². The van der Waals surface area contributed by atoms with E-state index in [1.165, 1.54) is 29.2 Å². The highest BCUT2D eigenvalue weighted by atomic mass is 79.9. The summed E-state index contributed by atoms with van der Waals surface area (Å²) < 4.78 is 6.80. The lowest BCUT2D eigenvalue weighted by Gasteiger charge is -2.19. The van der Waals surface area contributed by atoms with Crippen molar-refractivity contribution in [2.75, 3.05) is 6.61 Å². The highest BCUT2D eigenvalue weighted by Crippen LogP contribution is 2.27. The number of benzene rings is 2. The molecule has 2 aromatic carbocycles. The molecule has 1 heterocycles. The molecule has 0 spiro atoms. The summed E-state index contributed by atoms with van der Waals surface area (Å²) >= 11 is 3.51. The second-order valence-electron chi connectivity index (χ2n) is 5.68. The number of ether oxygens (including phenoxy) is 1. The van der Waals surface area contributed by atoms with Crippen LogP contribution in [0.1, 0.15) is 37.3 Å². The Hall–Kier alpha value is -0.940. The Kier molecular flexibility index (Phi) is 4.91. The van der Waals surface area contributed by atoms with E-state index in [0.29, 0.717) is 6.10 Å². The van der Waals surface area contributed by atoms with E-state index < -0.39 is 0 Å². The first-order valence-electron chi connectivity index (χ1n) is 7.53. The molecule has 1 aliphatic heterocycles. The molecule has 3 rings (SSSR count). The van der Waals surface area contributed by atoms with Crippen molar-refractivity contribution in [3.05, 3.63) is 46.4 Å². The zero-order valence-electron chi connectivity index (χ0n) is 12.0. The van der Waals surface area contributed by atoms with Gasteiger partial charge in [-0.2, -0.15) is 0 Å². The second-order valence-corrected chi connectivity index (χ2v) is 6.60. The fraction of sp³-hybridized carbons (Fsp3) is 0.412. The van der Waals surface area contributed by atoms with Crippen LogP contribution in [0.4, 0.5) is 0 Å². The van der Waals surface area contributed by atoms with Gasteiger partial charge in [0, 0.05) is 17.1 Å². The number of fused-ring (bicyclic) bond motifs is 1. The van der Waals surface area contributed by atoms with Gasteiger partial charge in [-0.3, -0.25) is 11.3 Å². The van der Waals surface area contributed by atoms with E-state index in [1.807, 2.05) is 0 Å². The van der Waals surface area contributed by atoms with Gasteiger partial charge in [-0.25, -0.2) is 0 Å². The molecule has 0 amide bonds. The fourth-order valence-corrected chi connectivity index (χ4v) is 3.40. The van der Waals surface area contributed by atoms with Crippen molar-refractivity contribution in [3.63, 3.8) is 0 Å². The zero-order chi connectivity index (χ0) is 14.7. The van der Waals surface area contributed by atoms with E-state index in [0.717, 1.165) is 23.9 Å². The standard InChI is InChI=1S/C17H21BrN2O/c18-15-6-5-12-10-14(4-3-13(12)11-15)17(20-19)8-7-16-2-1-9-21-16/h3-6,10-11,16-17,20H,1-2,7-9,19H2. The second kappa shape index (κ2) is 6.88. The third-order valence-corrected chi connectivity index (χ3v) is 4.72. The summed E-state index contributed by atoms with van der Waals surface area (Å²) in [6, 6.07) is 13.1. The Morgan fingerprint density at radius 1 is 1.24 bits per heavy atom. The van der Waals surface area contributed by atoms with Crippen LogP contribution in [-0.2, 0) is 4.74 Å². The van der Waals surface area contributed by atoms with Gasteiger partial charge in [0.2, 0.25) is 0 Å². The number of rotatable bonds is 5. The molecule has 2 aromatic rings. The van der Waals surface area contributed by atoms with Gasteiger partial charge in [-0.1, -0.05) is 34.1 Å². The van der Waals surface area contributed by atoms with Crippen molar-refractivity contribution in [1.82, 2.24) is 5.43 Å². The molecule has 4 heteroatoms. The lowest BCUT2D eigenvalue weighted by atomic mass is 9.97. The first kappa shape index (κ1) is 15.0. The van der Waals surface area contributed by atoms with Gasteiger partial charge in [-0.05, 0) is 60.2 Å². The molecule has 3 nitrogen and oxygen atoms in total. The maximum atomic E-state index is 5.76. The highest BCUT2D eigenvalue weighted by Gasteiger charge is 2.18. The van der Waals surface area contributed by atoms with Crippen LogP contribution in [0.5, 0.6) is 0 Å². The molecule has 0 bridgehead atoms.